The number of benzene rings is 1. The average molecular weight is 329 g/mol. The SMILES string of the molecule is Cc1ccc(NC(=O)c2sc(N3CCCC3=O)nc2C)cc1C. The number of carbonyl (C=O) groups is 2. The normalized spacial score (nSPS) is 14.4. The lowest BCUT2D eigenvalue weighted by Crippen LogP contribution is -2.23. The van der Waals surface area contributed by atoms with Crippen LogP contribution in [0.25, 0.3) is 0 Å². The minimum atomic E-state index is -0.179. The first-order valence-corrected chi connectivity index (χ1v) is 8.44. The summed E-state index contributed by atoms with van der Waals surface area (Å²) in [6.45, 7) is 6.54. The molecule has 1 saturated heterocycles. The molecule has 2 aromatic rings. The zero-order valence-corrected chi connectivity index (χ0v) is 14.3. The number of aryl methyl sites for hydroxylation is 3. The van der Waals surface area contributed by atoms with Gasteiger partial charge in [0.2, 0.25) is 5.91 Å². The minimum Gasteiger partial charge on any atom is -0.321 e. The Morgan fingerprint density at radius 1 is 1.26 bits per heavy atom. The van der Waals surface area contributed by atoms with Crippen LogP contribution in [0.2, 0.25) is 0 Å². The number of aromatic nitrogens is 1. The Bertz CT molecular complexity index is 782. The Hall–Kier alpha value is -2.21. The van der Waals surface area contributed by atoms with Crippen LogP contribution in [0.5, 0.6) is 0 Å². The molecule has 0 bridgehead atoms. The van der Waals surface area contributed by atoms with Crippen molar-refractivity contribution < 1.29 is 9.59 Å². The molecular weight excluding hydrogens is 310 g/mol. The van der Waals surface area contributed by atoms with Crippen molar-refractivity contribution in [3.05, 3.63) is 39.9 Å². The van der Waals surface area contributed by atoms with E-state index >= 15 is 0 Å². The van der Waals surface area contributed by atoms with Crippen LogP contribution >= 0.6 is 11.3 Å². The number of anilines is 2. The molecule has 6 heteroatoms. The van der Waals surface area contributed by atoms with E-state index in [1.807, 2.05) is 32.0 Å². The number of nitrogens with one attached hydrogen (secondary N) is 1. The quantitative estimate of drug-likeness (QED) is 0.938. The van der Waals surface area contributed by atoms with Gasteiger partial charge in [-0.05, 0) is 50.5 Å². The van der Waals surface area contributed by atoms with Crippen LogP contribution in [-0.4, -0.2) is 23.3 Å². The molecule has 1 aromatic carbocycles. The van der Waals surface area contributed by atoms with Crippen LogP contribution in [0.3, 0.4) is 0 Å². The molecule has 1 N–H and O–H groups in total. The number of carbonyl (C=O) groups excluding carboxylic acids is 2. The second-order valence-electron chi connectivity index (χ2n) is 5.81. The molecule has 0 spiro atoms. The summed E-state index contributed by atoms with van der Waals surface area (Å²) < 4.78 is 0. The molecule has 1 fully saturated rings. The van der Waals surface area contributed by atoms with Crippen LogP contribution in [-0.2, 0) is 4.79 Å². The Labute approximate surface area is 139 Å². The average Bonchev–Trinajstić information content (AvgIpc) is 3.08. The second-order valence-corrected chi connectivity index (χ2v) is 6.79. The molecule has 0 atom stereocenters. The zero-order chi connectivity index (χ0) is 16.6. The molecule has 0 unspecified atom stereocenters. The molecule has 2 amide bonds. The minimum absolute atomic E-state index is 0.0832. The van der Waals surface area contributed by atoms with Crippen molar-refractivity contribution in [2.75, 3.05) is 16.8 Å². The van der Waals surface area contributed by atoms with Gasteiger partial charge in [0.25, 0.3) is 5.91 Å². The van der Waals surface area contributed by atoms with Gasteiger partial charge in [-0.1, -0.05) is 17.4 Å². The molecule has 1 aliphatic heterocycles. The summed E-state index contributed by atoms with van der Waals surface area (Å²) >= 11 is 1.28. The van der Waals surface area contributed by atoms with E-state index in [2.05, 4.69) is 10.3 Å². The highest BCUT2D eigenvalue weighted by atomic mass is 32.1. The third kappa shape index (κ3) is 3.12. The smallest absolute Gasteiger partial charge is 0.267 e. The molecule has 3 rings (SSSR count). The molecule has 23 heavy (non-hydrogen) atoms. The van der Waals surface area contributed by atoms with Gasteiger partial charge in [0.15, 0.2) is 5.13 Å². The summed E-state index contributed by atoms with van der Waals surface area (Å²) in [6.07, 6.45) is 1.41. The van der Waals surface area contributed by atoms with E-state index in [4.69, 9.17) is 0 Å². The third-order valence-corrected chi connectivity index (χ3v) is 5.24. The first-order chi connectivity index (χ1) is 11.0. The standard InChI is InChI=1S/C17H19N3O2S/c1-10-6-7-13(9-11(10)2)19-16(22)15-12(3)18-17(23-15)20-8-4-5-14(20)21/h6-7,9H,4-5,8H2,1-3H3,(H,19,22). The Balaban J connectivity index is 1.80. The molecule has 1 aliphatic rings. The molecular formula is C17H19N3O2S. The summed E-state index contributed by atoms with van der Waals surface area (Å²) in [4.78, 5) is 30.9. The van der Waals surface area contributed by atoms with Crippen LogP contribution < -0.4 is 10.2 Å². The maximum atomic E-state index is 12.5. The van der Waals surface area contributed by atoms with E-state index < -0.39 is 0 Å². The number of amides is 2. The van der Waals surface area contributed by atoms with Gasteiger partial charge in [-0.25, -0.2) is 4.98 Å². The van der Waals surface area contributed by atoms with Gasteiger partial charge in [-0.2, -0.15) is 0 Å². The highest BCUT2D eigenvalue weighted by molar-refractivity contribution is 7.18. The first kappa shape index (κ1) is 15.7. The number of hydrogen-bond donors (Lipinski definition) is 1. The lowest BCUT2D eigenvalue weighted by molar-refractivity contribution is -0.117. The fourth-order valence-electron chi connectivity index (χ4n) is 2.57. The van der Waals surface area contributed by atoms with Gasteiger partial charge < -0.3 is 5.32 Å². The van der Waals surface area contributed by atoms with E-state index in [0.717, 1.165) is 17.7 Å². The third-order valence-electron chi connectivity index (χ3n) is 4.06. The highest BCUT2D eigenvalue weighted by Gasteiger charge is 2.26. The van der Waals surface area contributed by atoms with Gasteiger partial charge in [0.1, 0.15) is 4.88 Å². The molecule has 2 heterocycles. The van der Waals surface area contributed by atoms with Crippen molar-refractivity contribution in [3.63, 3.8) is 0 Å². The number of rotatable bonds is 3. The fourth-order valence-corrected chi connectivity index (χ4v) is 3.57. The lowest BCUT2D eigenvalue weighted by atomic mass is 10.1. The van der Waals surface area contributed by atoms with Crippen molar-refractivity contribution in [1.82, 2.24) is 4.98 Å². The van der Waals surface area contributed by atoms with E-state index in [1.165, 1.54) is 16.9 Å². The molecule has 0 aliphatic carbocycles. The number of hydrogen-bond acceptors (Lipinski definition) is 4. The van der Waals surface area contributed by atoms with E-state index in [9.17, 15) is 9.59 Å². The molecule has 120 valence electrons. The van der Waals surface area contributed by atoms with Crippen LogP contribution in [0, 0.1) is 20.8 Å². The Kier molecular flexibility index (Phi) is 4.17. The van der Waals surface area contributed by atoms with Gasteiger partial charge in [-0.15, -0.1) is 0 Å². The molecule has 0 saturated carbocycles. The molecule has 0 radical (unpaired) electrons. The highest BCUT2D eigenvalue weighted by Crippen LogP contribution is 2.30. The van der Waals surface area contributed by atoms with Crippen LogP contribution in [0.15, 0.2) is 18.2 Å². The van der Waals surface area contributed by atoms with Gasteiger partial charge >= 0.3 is 0 Å². The van der Waals surface area contributed by atoms with Crippen molar-refractivity contribution in [3.8, 4) is 0 Å². The molecule has 1 aromatic heterocycles. The van der Waals surface area contributed by atoms with Gasteiger partial charge in [0, 0.05) is 18.7 Å². The predicted octanol–water partition coefficient (Wildman–Crippen LogP) is 3.45. The second kappa shape index (κ2) is 6.12. The topological polar surface area (TPSA) is 62.3 Å². The first-order valence-electron chi connectivity index (χ1n) is 7.62. The zero-order valence-electron chi connectivity index (χ0n) is 13.5. The van der Waals surface area contributed by atoms with Crippen LogP contribution in [0.1, 0.15) is 39.3 Å². The van der Waals surface area contributed by atoms with Crippen molar-refractivity contribution in [2.45, 2.75) is 33.6 Å². The maximum Gasteiger partial charge on any atom is 0.267 e. The summed E-state index contributed by atoms with van der Waals surface area (Å²) in [5.41, 5.74) is 3.75. The van der Waals surface area contributed by atoms with Crippen molar-refractivity contribution >= 4 is 34.0 Å². The van der Waals surface area contributed by atoms with Crippen LogP contribution in [0.4, 0.5) is 10.8 Å². The van der Waals surface area contributed by atoms with Gasteiger partial charge in [-0.3, -0.25) is 14.5 Å². The summed E-state index contributed by atoms with van der Waals surface area (Å²) in [5.74, 6) is -0.0963. The van der Waals surface area contributed by atoms with Gasteiger partial charge in [0.05, 0.1) is 5.69 Å². The fraction of sp³-hybridized carbons (Fsp3) is 0.353. The summed E-state index contributed by atoms with van der Waals surface area (Å²) in [6, 6.07) is 5.83. The predicted molar refractivity (Wildman–Crippen MR) is 92.3 cm³/mol. The van der Waals surface area contributed by atoms with E-state index in [-0.39, 0.29) is 11.8 Å². The van der Waals surface area contributed by atoms with E-state index in [1.54, 1.807) is 11.8 Å². The lowest BCUT2D eigenvalue weighted by Gasteiger charge is -2.10. The van der Waals surface area contributed by atoms with E-state index in [0.29, 0.717) is 28.7 Å². The number of nitrogens with zero attached hydrogens (tertiary/aromatic N) is 2. The Morgan fingerprint density at radius 2 is 2.04 bits per heavy atom. The largest absolute Gasteiger partial charge is 0.321 e. The summed E-state index contributed by atoms with van der Waals surface area (Å²) in [7, 11) is 0. The Morgan fingerprint density at radius 3 is 2.70 bits per heavy atom. The van der Waals surface area contributed by atoms with Crippen molar-refractivity contribution in [2.24, 2.45) is 0 Å². The van der Waals surface area contributed by atoms with Crippen molar-refractivity contribution in [1.29, 1.82) is 0 Å². The monoisotopic (exact) mass is 329 g/mol. The maximum absolute atomic E-state index is 12.5. The molecule has 5 nitrogen and oxygen atoms in total. The summed E-state index contributed by atoms with van der Waals surface area (Å²) in [5, 5.41) is 3.53. The number of thiazole rings is 1.